The van der Waals surface area contributed by atoms with E-state index in [-0.39, 0.29) is 22.3 Å². The highest BCUT2D eigenvalue weighted by Gasteiger charge is 2.20. The first-order chi connectivity index (χ1) is 14.3. The lowest BCUT2D eigenvalue weighted by atomic mass is 10.1. The molecule has 0 aliphatic rings. The zero-order valence-electron chi connectivity index (χ0n) is 16.2. The van der Waals surface area contributed by atoms with Crippen LogP contribution in [-0.4, -0.2) is 33.9 Å². The molecule has 0 bridgehead atoms. The van der Waals surface area contributed by atoms with Crippen molar-refractivity contribution < 1.29 is 13.2 Å². The molecule has 2 aromatic heterocycles. The van der Waals surface area contributed by atoms with Gasteiger partial charge in [-0.3, -0.25) is 14.2 Å². The van der Waals surface area contributed by atoms with E-state index in [0.717, 1.165) is 0 Å². The first-order valence-electron chi connectivity index (χ1n) is 8.98. The molecule has 0 spiro atoms. The van der Waals surface area contributed by atoms with E-state index < -0.39 is 10.0 Å². The number of aryl methyl sites for hydroxylation is 1. The Morgan fingerprint density at radius 3 is 2.17 bits per heavy atom. The van der Waals surface area contributed by atoms with Crippen molar-refractivity contribution >= 4 is 44.2 Å². The minimum Gasteiger partial charge on any atom is -0.337 e. The van der Waals surface area contributed by atoms with E-state index in [2.05, 4.69) is 25.1 Å². The summed E-state index contributed by atoms with van der Waals surface area (Å²) in [5.41, 5.74) is 2.35. The molecule has 0 fully saturated rings. The number of ketones is 1. The van der Waals surface area contributed by atoms with Crippen LogP contribution in [0.4, 0.5) is 17.3 Å². The second kappa shape index (κ2) is 7.56. The second-order valence-corrected chi connectivity index (χ2v) is 8.31. The van der Waals surface area contributed by atoms with Gasteiger partial charge in [0.25, 0.3) is 10.0 Å². The van der Waals surface area contributed by atoms with Crippen molar-refractivity contribution in [2.24, 2.45) is 7.05 Å². The molecule has 0 atom stereocenters. The molecule has 2 aromatic carbocycles. The summed E-state index contributed by atoms with van der Waals surface area (Å²) in [5.74, 6) is 0.238. The molecule has 0 saturated heterocycles. The molecule has 10 heteroatoms. The fraction of sp³-hybridized carbons (Fsp3) is 0.100. The standard InChI is InChI=1S/C20H18N6O3S/c1-13(27)14-7-9-15(10-8-14)22-19-20(24-18-6-4-3-5-17(18)23-19)25-30(28,29)16-11-21-26(2)12-16/h3-12H,1-2H3,(H,22,23)(H,24,25). The third kappa shape index (κ3) is 3.98. The van der Waals surface area contributed by atoms with Gasteiger partial charge in [-0.1, -0.05) is 12.1 Å². The lowest BCUT2D eigenvalue weighted by molar-refractivity contribution is 0.101. The highest BCUT2D eigenvalue weighted by atomic mass is 32.2. The Morgan fingerprint density at radius 1 is 0.967 bits per heavy atom. The maximum Gasteiger partial charge on any atom is 0.266 e. The summed E-state index contributed by atoms with van der Waals surface area (Å²) >= 11 is 0. The van der Waals surface area contributed by atoms with Crippen LogP contribution >= 0.6 is 0 Å². The SMILES string of the molecule is CC(=O)c1ccc(Nc2nc3ccccc3nc2NS(=O)(=O)c2cnn(C)c2)cc1. The maximum atomic E-state index is 12.8. The summed E-state index contributed by atoms with van der Waals surface area (Å²) in [4.78, 5) is 20.5. The summed E-state index contributed by atoms with van der Waals surface area (Å²) in [6.07, 6.45) is 2.65. The molecule has 30 heavy (non-hydrogen) atoms. The molecule has 0 aliphatic heterocycles. The number of hydrogen-bond acceptors (Lipinski definition) is 7. The topological polar surface area (TPSA) is 119 Å². The summed E-state index contributed by atoms with van der Waals surface area (Å²) in [6.45, 7) is 1.49. The Morgan fingerprint density at radius 2 is 1.60 bits per heavy atom. The van der Waals surface area contributed by atoms with Crippen LogP contribution in [0.3, 0.4) is 0 Å². The molecule has 2 heterocycles. The number of anilines is 3. The van der Waals surface area contributed by atoms with Crippen molar-refractivity contribution in [1.82, 2.24) is 19.7 Å². The van der Waals surface area contributed by atoms with Gasteiger partial charge < -0.3 is 5.32 Å². The van der Waals surface area contributed by atoms with E-state index in [4.69, 9.17) is 0 Å². The van der Waals surface area contributed by atoms with Crippen LogP contribution in [0.15, 0.2) is 65.8 Å². The minimum absolute atomic E-state index is 0.0109. The third-order valence-corrected chi connectivity index (χ3v) is 5.64. The van der Waals surface area contributed by atoms with Crippen molar-refractivity contribution in [2.45, 2.75) is 11.8 Å². The van der Waals surface area contributed by atoms with E-state index in [0.29, 0.717) is 22.3 Å². The Balaban J connectivity index is 1.74. The van der Waals surface area contributed by atoms with Gasteiger partial charge in [-0.15, -0.1) is 0 Å². The Kier molecular flexibility index (Phi) is 4.92. The quantitative estimate of drug-likeness (QED) is 0.458. The van der Waals surface area contributed by atoms with Gasteiger partial charge in [0.15, 0.2) is 17.4 Å². The van der Waals surface area contributed by atoms with Crippen LogP contribution in [0.25, 0.3) is 11.0 Å². The molecule has 0 saturated carbocycles. The van der Waals surface area contributed by atoms with Crippen LogP contribution in [0.2, 0.25) is 0 Å². The Bertz CT molecular complexity index is 1350. The molecule has 4 rings (SSSR count). The Labute approximate surface area is 172 Å². The van der Waals surface area contributed by atoms with Gasteiger partial charge in [0.1, 0.15) is 4.90 Å². The molecule has 2 N–H and O–H groups in total. The summed E-state index contributed by atoms with van der Waals surface area (Å²) in [6, 6.07) is 13.9. The summed E-state index contributed by atoms with van der Waals surface area (Å²) < 4.78 is 29.4. The Hall–Kier alpha value is -3.79. The molecule has 9 nitrogen and oxygen atoms in total. The normalized spacial score (nSPS) is 11.4. The maximum absolute atomic E-state index is 12.8. The van der Waals surface area contributed by atoms with Crippen LogP contribution < -0.4 is 10.0 Å². The van der Waals surface area contributed by atoms with Crippen molar-refractivity contribution in [2.75, 3.05) is 10.0 Å². The first-order valence-corrected chi connectivity index (χ1v) is 10.5. The number of carbonyl (C=O) groups excluding carboxylic acids is 1. The number of rotatable bonds is 6. The van der Waals surface area contributed by atoms with Crippen molar-refractivity contribution in [1.29, 1.82) is 0 Å². The summed E-state index contributed by atoms with van der Waals surface area (Å²) in [7, 11) is -2.28. The highest BCUT2D eigenvalue weighted by molar-refractivity contribution is 7.92. The number of benzene rings is 2. The van der Waals surface area contributed by atoms with Crippen molar-refractivity contribution in [3.8, 4) is 0 Å². The zero-order chi connectivity index (χ0) is 21.3. The molecule has 152 valence electrons. The van der Waals surface area contributed by atoms with E-state index in [1.54, 1.807) is 49.5 Å². The van der Waals surface area contributed by atoms with Gasteiger partial charge in [0.05, 0.1) is 17.2 Å². The number of para-hydroxylation sites is 2. The van der Waals surface area contributed by atoms with E-state index in [1.807, 2.05) is 6.07 Å². The second-order valence-electron chi connectivity index (χ2n) is 6.62. The van der Waals surface area contributed by atoms with Crippen molar-refractivity contribution in [3.05, 3.63) is 66.5 Å². The number of fused-ring (bicyclic) bond motifs is 1. The van der Waals surface area contributed by atoms with Crippen molar-refractivity contribution in [3.63, 3.8) is 0 Å². The smallest absolute Gasteiger partial charge is 0.266 e. The molecular formula is C20H18N6O3S. The predicted molar refractivity (Wildman–Crippen MR) is 113 cm³/mol. The highest BCUT2D eigenvalue weighted by Crippen LogP contribution is 2.27. The molecular weight excluding hydrogens is 404 g/mol. The molecule has 0 aliphatic carbocycles. The fourth-order valence-corrected chi connectivity index (χ4v) is 3.80. The number of aromatic nitrogens is 4. The molecule has 4 aromatic rings. The molecule has 0 unspecified atom stereocenters. The van der Waals surface area contributed by atoms with Gasteiger partial charge >= 0.3 is 0 Å². The monoisotopic (exact) mass is 422 g/mol. The number of sulfonamides is 1. The number of carbonyl (C=O) groups is 1. The third-order valence-electron chi connectivity index (χ3n) is 4.35. The number of Topliss-reactive ketones (excluding diaryl/α,β-unsaturated/α-hetero) is 1. The van der Waals surface area contributed by atoms with Gasteiger partial charge in [-0.05, 0) is 43.3 Å². The number of nitrogens with one attached hydrogen (secondary N) is 2. The zero-order valence-corrected chi connectivity index (χ0v) is 17.0. The van der Waals surface area contributed by atoms with E-state index >= 15 is 0 Å². The average molecular weight is 422 g/mol. The van der Waals surface area contributed by atoms with Gasteiger partial charge in [-0.25, -0.2) is 18.4 Å². The minimum atomic E-state index is -3.91. The largest absolute Gasteiger partial charge is 0.337 e. The number of hydrogen-bond donors (Lipinski definition) is 2. The van der Waals surface area contributed by atoms with Crippen LogP contribution in [0.1, 0.15) is 17.3 Å². The van der Waals surface area contributed by atoms with Crippen LogP contribution in [0, 0.1) is 0 Å². The fourth-order valence-electron chi connectivity index (χ4n) is 2.81. The lowest BCUT2D eigenvalue weighted by Gasteiger charge is -2.13. The first kappa shape index (κ1) is 19.5. The molecule has 0 amide bonds. The molecule has 0 radical (unpaired) electrons. The predicted octanol–water partition coefficient (Wildman–Crippen LogP) is 3.11. The average Bonchev–Trinajstić information content (AvgIpc) is 3.16. The van der Waals surface area contributed by atoms with Crippen LogP contribution in [-0.2, 0) is 17.1 Å². The lowest BCUT2D eigenvalue weighted by Crippen LogP contribution is -2.15. The summed E-state index contributed by atoms with van der Waals surface area (Å²) in [5, 5.41) is 6.98. The van der Waals surface area contributed by atoms with Gasteiger partial charge in [0, 0.05) is 24.5 Å². The van der Waals surface area contributed by atoms with Gasteiger partial charge in [-0.2, -0.15) is 5.10 Å². The van der Waals surface area contributed by atoms with E-state index in [1.165, 1.54) is 24.0 Å². The van der Waals surface area contributed by atoms with Gasteiger partial charge in [0.2, 0.25) is 0 Å². The van der Waals surface area contributed by atoms with E-state index in [9.17, 15) is 13.2 Å². The van der Waals surface area contributed by atoms with Crippen LogP contribution in [0.5, 0.6) is 0 Å². The number of nitrogens with zero attached hydrogens (tertiary/aromatic N) is 4.